The Balaban J connectivity index is 0.949. The SMILES string of the molecule is CC1(C)c2ccc(cc2)-c2cccc(-c3ccccc3)c2N2c3cc(-c4cccc5c6ccccc6n(-c6ccccc6)c45)ccc3B3c4ccc(-c5cccc6c7ccccc7n(-c7ccccc7)c56)cc4N(c4c(-c5ccccc5)cccc4-c4ccccc4)c4cc1cc2c43. The van der Waals surface area contributed by atoms with Gasteiger partial charge < -0.3 is 18.9 Å². The van der Waals surface area contributed by atoms with Crippen LogP contribution in [-0.4, -0.2) is 15.8 Å². The van der Waals surface area contributed by atoms with Crippen molar-refractivity contribution in [3.05, 3.63) is 357 Å². The highest BCUT2D eigenvalue weighted by Crippen LogP contribution is 2.56. The molecule has 4 bridgehead atoms. The Morgan fingerprint density at radius 3 is 1.01 bits per heavy atom. The van der Waals surface area contributed by atoms with E-state index in [-0.39, 0.29) is 6.71 Å². The fourth-order valence-corrected chi connectivity index (χ4v) is 16.9. The lowest BCUT2D eigenvalue weighted by molar-refractivity contribution is 0.641. The maximum atomic E-state index is 2.71. The summed E-state index contributed by atoms with van der Waals surface area (Å²) >= 11 is 0. The smallest absolute Gasteiger partial charge is 0.252 e. The van der Waals surface area contributed by atoms with Crippen molar-refractivity contribution in [1.29, 1.82) is 0 Å². The number of benzene rings is 15. The van der Waals surface area contributed by atoms with Crippen LogP contribution in [0, 0.1) is 0 Å². The molecule has 0 N–H and O–H groups in total. The molecule has 6 heterocycles. The first-order valence-electron chi connectivity index (χ1n) is 34.2. The van der Waals surface area contributed by atoms with Crippen molar-refractivity contribution >= 4 is 101 Å². The van der Waals surface area contributed by atoms with Crippen LogP contribution in [0.1, 0.15) is 25.0 Å². The molecule has 0 amide bonds. The van der Waals surface area contributed by atoms with Gasteiger partial charge in [0.2, 0.25) is 0 Å². The minimum absolute atomic E-state index is 0.217. The molecule has 4 aliphatic rings. The van der Waals surface area contributed by atoms with Gasteiger partial charge in [-0.3, -0.25) is 0 Å². The summed E-state index contributed by atoms with van der Waals surface area (Å²) in [6, 6.07) is 130. The van der Waals surface area contributed by atoms with E-state index >= 15 is 0 Å². The highest BCUT2D eigenvalue weighted by Gasteiger charge is 2.47. The van der Waals surface area contributed by atoms with E-state index in [0.29, 0.717) is 0 Å². The van der Waals surface area contributed by atoms with E-state index < -0.39 is 5.41 Å². The van der Waals surface area contributed by atoms with Crippen LogP contribution >= 0.6 is 0 Å². The Hall–Kier alpha value is -12.4. The fraction of sp³-hybridized carbons (Fsp3) is 0.0323. The lowest BCUT2D eigenvalue weighted by Gasteiger charge is -2.46. The Labute approximate surface area is 570 Å². The Kier molecular flexibility index (Phi) is 12.5. The molecule has 0 atom stereocenters. The van der Waals surface area contributed by atoms with Gasteiger partial charge in [0.15, 0.2) is 0 Å². The summed E-state index contributed by atoms with van der Waals surface area (Å²) in [5.74, 6) is 0. The van der Waals surface area contributed by atoms with Gasteiger partial charge in [0.05, 0.1) is 33.4 Å². The molecule has 0 spiro atoms. The van der Waals surface area contributed by atoms with Crippen LogP contribution in [0.4, 0.5) is 34.1 Å². The summed E-state index contributed by atoms with van der Waals surface area (Å²) in [4.78, 5) is 5.41. The summed E-state index contributed by atoms with van der Waals surface area (Å²) in [7, 11) is 0. The van der Waals surface area contributed by atoms with Crippen molar-refractivity contribution in [2.75, 3.05) is 9.80 Å². The Bertz CT molecular complexity index is 6010. The number of anilines is 6. The van der Waals surface area contributed by atoms with Gasteiger partial charge in [-0.15, -0.1) is 0 Å². The lowest BCUT2D eigenvalue weighted by Crippen LogP contribution is -2.61. The molecule has 4 aliphatic heterocycles. The van der Waals surface area contributed by atoms with Crippen molar-refractivity contribution < 1.29 is 0 Å². The molecule has 15 aromatic carbocycles. The standard InChI is InChI=1S/C93H63BN4/c1-93(2)66-52-48-63(49-53-66)73-41-23-40-72(62-30-12-5-13-31-62)90(73)98-85-57-65(75-43-25-45-79-77-37-19-21-47-83(77)96(92(75)79)69-34-16-7-17-35-69)51-55-81(85)94-80-54-50-64(74-42-24-44-78-76-36-18-20-46-82(76)95(91(74)78)68-32-14-6-15-33-68)56-84(80)97(86-58-67(93)59-87(98)88(86)94)89-70(60-26-8-3-9-27-60)38-22-39-71(89)61-28-10-4-11-29-61/h3-59H,1-2H3. The van der Waals surface area contributed by atoms with Gasteiger partial charge in [-0.25, -0.2) is 0 Å². The largest absolute Gasteiger partial charge is 0.310 e. The molecule has 0 unspecified atom stereocenters. The number of nitrogens with zero attached hydrogens (tertiary/aromatic N) is 4. The second-order valence-electron chi connectivity index (χ2n) is 27.1. The zero-order chi connectivity index (χ0) is 64.7. The van der Waals surface area contributed by atoms with Crippen molar-refractivity contribution in [3.8, 4) is 78.1 Å². The third-order valence-corrected chi connectivity index (χ3v) is 21.5. The Morgan fingerprint density at radius 1 is 0.255 bits per heavy atom. The molecule has 21 rings (SSSR count). The number of rotatable bonds is 8. The fourth-order valence-electron chi connectivity index (χ4n) is 16.9. The number of fused-ring (bicyclic) bond motifs is 12. The van der Waals surface area contributed by atoms with Gasteiger partial charge in [-0.1, -0.05) is 299 Å². The normalized spacial score (nSPS) is 13.2. The van der Waals surface area contributed by atoms with Gasteiger partial charge >= 0.3 is 0 Å². The Morgan fingerprint density at radius 2 is 0.592 bits per heavy atom. The van der Waals surface area contributed by atoms with Gasteiger partial charge in [-0.05, 0) is 122 Å². The van der Waals surface area contributed by atoms with Crippen molar-refractivity contribution in [2.24, 2.45) is 0 Å². The lowest BCUT2D eigenvalue weighted by atomic mass is 9.33. The van der Waals surface area contributed by atoms with Crippen LogP contribution in [-0.2, 0) is 5.41 Å². The molecule has 458 valence electrons. The number of para-hydroxylation sites is 8. The topological polar surface area (TPSA) is 16.3 Å². The molecule has 5 heteroatoms. The van der Waals surface area contributed by atoms with Crippen LogP contribution in [0.2, 0.25) is 0 Å². The minimum atomic E-state index is -0.470. The summed E-state index contributed by atoms with van der Waals surface area (Å²) < 4.78 is 4.96. The first kappa shape index (κ1) is 56.0. The third kappa shape index (κ3) is 8.33. The molecular weight excluding hydrogens is 1180 g/mol. The molecular formula is C93H63BN4. The molecule has 0 saturated heterocycles. The molecule has 98 heavy (non-hydrogen) atoms. The molecule has 0 aliphatic carbocycles. The van der Waals surface area contributed by atoms with E-state index in [1.54, 1.807) is 0 Å². The highest BCUT2D eigenvalue weighted by atomic mass is 15.2. The minimum Gasteiger partial charge on any atom is -0.310 e. The monoisotopic (exact) mass is 1250 g/mol. The first-order valence-corrected chi connectivity index (χ1v) is 34.2. The van der Waals surface area contributed by atoms with Gasteiger partial charge in [-0.2, -0.15) is 0 Å². The molecule has 17 aromatic rings. The molecule has 4 nitrogen and oxygen atoms in total. The quantitative estimate of drug-likeness (QED) is 0.141. The maximum Gasteiger partial charge on any atom is 0.252 e. The van der Waals surface area contributed by atoms with E-state index in [0.717, 1.165) is 84.3 Å². The first-order chi connectivity index (χ1) is 48.4. The average Bonchev–Trinajstić information content (AvgIpc) is 0.703. The zero-order valence-electron chi connectivity index (χ0n) is 54.3. The van der Waals surface area contributed by atoms with Crippen LogP contribution in [0.3, 0.4) is 0 Å². The predicted molar refractivity (Wildman–Crippen MR) is 414 cm³/mol. The van der Waals surface area contributed by atoms with Gasteiger partial charge in [0.1, 0.15) is 0 Å². The van der Waals surface area contributed by atoms with Gasteiger partial charge in [0.25, 0.3) is 6.71 Å². The van der Waals surface area contributed by atoms with Crippen molar-refractivity contribution in [3.63, 3.8) is 0 Å². The number of hydrogen-bond acceptors (Lipinski definition) is 2. The number of aromatic nitrogens is 2. The summed E-state index contributed by atoms with van der Waals surface area (Å²) in [6.07, 6.45) is 0. The van der Waals surface area contributed by atoms with E-state index in [2.05, 4.69) is 379 Å². The zero-order valence-corrected chi connectivity index (χ0v) is 54.3. The van der Waals surface area contributed by atoms with Crippen molar-refractivity contribution in [1.82, 2.24) is 9.13 Å². The van der Waals surface area contributed by atoms with Crippen LogP contribution in [0.25, 0.3) is 122 Å². The van der Waals surface area contributed by atoms with E-state index in [4.69, 9.17) is 0 Å². The molecule has 0 fully saturated rings. The summed E-state index contributed by atoms with van der Waals surface area (Å²) in [5.41, 5.74) is 33.5. The average molecular weight is 1250 g/mol. The second kappa shape index (κ2) is 21.8. The predicted octanol–water partition coefficient (Wildman–Crippen LogP) is 22.6. The summed E-state index contributed by atoms with van der Waals surface area (Å²) in [6.45, 7) is 4.64. The molecule has 2 aromatic heterocycles. The maximum absolute atomic E-state index is 2.71. The van der Waals surface area contributed by atoms with Crippen LogP contribution < -0.4 is 26.2 Å². The van der Waals surface area contributed by atoms with E-state index in [9.17, 15) is 0 Å². The second-order valence-corrected chi connectivity index (χ2v) is 27.1. The van der Waals surface area contributed by atoms with Crippen LogP contribution in [0.5, 0.6) is 0 Å². The molecule has 0 saturated carbocycles. The molecule has 0 radical (unpaired) electrons. The van der Waals surface area contributed by atoms with Crippen LogP contribution in [0.15, 0.2) is 346 Å². The van der Waals surface area contributed by atoms with E-state index in [1.807, 2.05) is 0 Å². The number of hydrogen-bond donors (Lipinski definition) is 0. The van der Waals surface area contributed by atoms with E-state index in [1.165, 1.54) is 99.1 Å². The third-order valence-electron chi connectivity index (χ3n) is 21.5. The van der Waals surface area contributed by atoms with Crippen molar-refractivity contribution in [2.45, 2.75) is 19.3 Å². The highest BCUT2D eigenvalue weighted by molar-refractivity contribution is 7.00. The summed E-state index contributed by atoms with van der Waals surface area (Å²) in [5, 5.41) is 4.90. The van der Waals surface area contributed by atoms with Gasteiger partial charge in [0, 0.05) is 94.5 Å².